The van der Waals surface area contributed by atoms with Gasteiger partial charge in [0.1, 0.15) is 73.2 Å². The number of allylic oxidation sites excluding steroid dienone is 1. The van der Waals surface area contributed by atoms with E-state index in [-0.39, 0.29) is 18.9 Å². The Balaban J connectivity index is 1.55. The topological polar surface area (TPSA) is 307 Å². The van der Waals surface area contributed by atoms with Crippen molar-refractivity contribution in [3.63, 3.8) is 0 Å². The molecule has 3 rings (SSSR count). The molecular formula is C49H91NO18. The average Bonchev–Trinajstić information content (AvgIpc) is 3.33. The summed E-state index contributed by atoms with van der Waals surface area (Å²) in [5.74, 6) is -0.279. The molecule has 0 radical (unpaired) electrons. The van der Waals surface area contributed by atoms with Crippen LogP contribution in [-0.4, -0.2) is 193 Å². The summed E-state index contributed by atoms with van der Waals surface area (Å²) in [6, 6.07) is -0.963. The maximum Gasteiger partial charge on any atom is 0.220 e. The van der Waals surface area contributed by atoms with Gasteiger partial charge in [0, 0.05) is 6.42 Å². The summed E-state index contributed by atoms with van der Waals surface area (Å²) < 4.78 is 34.1. The Morgan fingerprint density at radius 3 is 1.38 bits per heavy atom. The normalized spacial score (nSPS) is 33.2. The third kappa shape index (κ3) is 20.6. The summed E-state index contributed by atoms with van der Waals surface area (Å²) >= 11 is 0. The Labute approximate surface area is 404 Å². The Bertz CT molecular complexity index is 1310. The monoisotopic (exact) mass is 982 g/mol. The highest BCUT2D eigenvalue weighted by Crippen LogP contribution is 2.33. The molecule has 19 nitrogen and oxygen atoms in total. The van der Waals surface area contributed by atoms with Crippen LogP contribution in [0.4, 0.5) is 0 Å². The van der Waals surface area contributed by atoms with Gasteiger partial charge in [-0.15, -0.1) is 0 Å². The molecule has 1 amide bonds. The minimum Gasteiger partial charge on any atom is -0.394 e. The molecule has 12 N–H and O–H groups in total. The summed E-state index contributed by atoms with van der Waals surface area (Å²) in [6.45, 7) is 1.65. The van der Waals surface area contributed by atoms with Crippen molar-refractivity contribution in [2.24, 2.45) is 0 Å². The van der Waals surface area contributed by atoms with Gasteiger partial charge >= 0.3 is 0 Å². The zero-order chi connectivity index (χ0) is 49.8. The number of rotatable bonds is 36. The van der Waals surface area contributed by atoms with Crippen molar-refractivity contribution in [2.75, 3.05) is 26.4 Å². The zero-order valence-electron chi connectivity index (χ0n) is 40.8. The van der Waals surface area contributed by atoms with Crippen molar-refractivity contribution in [1.82, 2.24) is 5.32 Å². The fourth-order valence-electron chi connectivity index (χ4n) is 8.95. The molecule has 19 heteroatoms. The first kappa shape index (κ1) is 60.8. The molecule has 17 atom stereocenters. The van der Waals surface area contributed by atoms with E-state index >= 15 is 0 Å². The second kappa shape index (κ2) is 34.8. The highest BCUT2D eigenvalue weighted by molar-refractivity contribution is 5.76. The quantitative estimate of drug-likeness (QED) is 0.0315. The third-order valence-corrected chi connectivity index (χ3v) is 13.3. The lowest BCUT2D eigenvalue weighted by molar-refractivity contribution is -0.379. The molecule has 68 heavy (non-hydrogen) atoms. The summed E-state index contributed by atoms with van der Waals surface area (Å²) in [5.41, 5.74) is 0. The van der Waals surface area contributed by atoms with Crippen molar-refractivity contribution >= 4 is 5.91 Å². The van der Waals surface area contributed by atoms with E-state index in [4.69, 9.17) is 28.4 Å². The van der Waals surface area contributed by atoms with Gasteiger partial charge in [0.15, 0.2) is 18.9 Å². The van der Waals surface area contributed by atoms with E-state index in [9.17, 15) is 61.0 Å². The third-order valence-electron chi connectivity index (χ3n) is 13.3. The number of unbranched alkanes of at least 4 members (excludes halogenated alkanes) is 20. The number of nitrogens with one attached hydrogen (secondary N) is 1. The van der Waals surface area contributed by atoms with Gasteiger partial charge in [0.05, 0.1) is 38.6 Å². The number of hydrogen-bond donors (Lipinski definition) is 12. The second-order valence-corrected chi connectivity index (χ2v) is 19.0. The highest BCUT2D eigenvalue weighted by Gasteiger charge is 2.53. The number of hydrogen-bond acceptors (Lipinski definition) is 18. The molecule has 0 aromatic carbocycles. The van der Waals surface area contributed by atoms with Gasteiger partial charge < -0.3 is 89.9 Å². The van der Waals surface area contributed by atoms with E-state index < -0.39 is 124 Å². The van der Waals surface area contributed by atoms with Crippen molar-refractivity contribution in [3.05, 3.63) is 12.2 Å². The van der Waals surface area contributed by atoms with Gasteiger partial charge in [-0.1, -0.05) is 148 Å². The largest absolute Gasteiger partial charge is 0.394 e. The van der Waals surface area contributed by atoms with Crippen LogP contribution in [0.25, 0.3) is 0 Å². The molecule has 0 aliphatic carbocycles. The molecule has 0 bridgehead atoms. The van der Waals surface area contributed by atoms with E-state index in [1.165, 1.54) is 89.9 Å². The van der Waals surface area contributed by atoms with E-state index in [0.717, 1.165) is 44.9 Å². The lowest BCUT2D eigenvalue weighted by Gasteiger charge is -2.48. The average molecular weight is 982 g/mol. The summed E-state index contributed by atoms with van der Waals surface area (Å²) in [4.78, 5) is 13.2. The molecule has 3 aliphatic rings. The molecule has 3 saturated heterocycles. The van der Waals surface area contributed by atoms with Crippen molar-refractivity contribution in [1.29, 1.82) is 0 Å². The number of carbonyl (C=O) groups excluding carboxylic acids is 1. The highest BCUT2D eigenvalue weighted by atomic mass is 16.8. The number of aliphatic hydroxyl groups is 11. The lowest BCUT2D eigenvalue weighted by Crippen LogP contribution is -2.66. The van der Waals surface area contributed by atoms with Crippen molar-refractivity contribution < 1.29 is 89.4 Å². The van der Waals surface area contributed by atoms with Crippen molar-refractivity contribution in [3.8, 4) is 0 Å². The molecule has 3 aliphatic heterocycles. The predicted octanol–water partition coefficient (Wildman–Crippen LogP) is 1.87. The molecule has 0 saturated carbocycles. The second-order valence-electron chi connectivity index (χ2n) is 19.0. The Hall–Kier alpha value is -1.47. The maximum absolute atomic E-state index is 13.2. The summed E-state index contributed by atoms with van der Waals surface area (Å²) in [5, 5.41) is 119. The van der Waals surface area contributed by atoms with Crippen LogP contribution >= 0.6 is 0 Å². The number of ether oxygens (including phenoxy) is 6. The summed E-state index contributed by atoms with van der Waals surface area (Å²) in [7, 11) is 0. The molecule has 0 aromatic heterocycles. The zero-order valence-corrected chi connectivity index (χ0v) is 40.8. The van der Waals surface area contributed by atoms with Gasteiger partial charge in [0.25, 0.3) is 0 Å². The smallest absolute Gasteiger partial charge is 0.220 e. The minimum absolute atomic E-state index is 0.247. The standard InChI is InChI=1S/C49H91NO18/c1-3-5-7-9-11-13-14-15-16-17-19-21-23-25-27-37(55)50-32(33(54)26-24-22-20-18-12-10-8-6-4-2)31-63-47-43(61)40(58)45(35(29-52)65-47)68-49-44(62)41(59)46(36(30-53)66-49)67-48-42(60)39(57)38(56)34(28-51)64-48/h24,26,32-36,38-49,51-54,56-62H,3-23,25,27-31H2,1-2H3,(H,50,55)/b26-24+. The van der Waals surface area contributed by atoms with Crippen LogP contribution in [0.3, 0.4) is 0 Å². The molecule has 0 spiro atoms. The fraction of sp³-hybridized carbons (Fsp3) is 0.939. The summed E-state index contributed by atoms with van der Waals surface area (Å²) in [6.07, 6.45) is 2.29. The SMILES string of the molecule is CCCCCCCCC/C=C/C(O)C(COC1OC(CO)C(OC2OC(CO)C(OC3OC(CO)C(O)C(O)C3O)C(O)C2O)C(O)C1O)NC(=O)CCCCCCCCCCCCCCCC. The molecule has 400 valence electrons. The maximum atomic E-state index is 13.2. The van der Waals surface area contributed by atoms with Crippen LogP contribution < -0.4 is 5.32 Å². The molecule has 3 fully saturated rings. The predicted molar refractivity (Wildman–Crippen MR) is 250 cm³/mol. The Morgan fingerprint density at radius 1 is 0.515 bits per heavy atom. The van der Waals surface area contributed by atoms with Gasteiger partial charge in [-0.05, 0) is 19.3 Å². The number of aliphatic hydroxyl groups excluding tert-OH is 11. The molecule has 17 unspecified atom stereocenters. The van der Waals surface area contributed by atoms with Crippen LogP contribution in [0, 0.1) is 0 Å². The van der Waals surface area contributed by atoms with Crippen LogP contribution in [0.1, 0.15) is 162 Å². The minimum atomic E-state index is -1.97. The van der Waals surface area contributed by atoms with E-state index in [1.54, 1.807) is 6.08 Å². The van der Waals surface area contributed by atoms with E-state index in [0.29, 0.717) is 6.42 Å². The van der Waals surface area contributed by atoms with Crippen LogP contribution in [0.15, 0.2) is 12.2 Å². The first-order valence-electron chi connectivity index (χ1n) is 25.9. The fourth-order valence-corrected chi connectivity index (χ4v) is 8.95. The van der Waals surface area contributed by atoms with Crippen LogP contribution in [0.2, 0.25) is 0 Å². The van der Waals surface area contributed by atoms with Gasteiger partial charge in [0.2, 0.25) is 5.91 Å². The van der Waals surface area contributed by atoms with Gasteiger partial charge in [-0.2, -0.15) is 0 Å². The van der Waals surface area contributed by atoms with Crippen LogP contribution in [0.5, 0.6) is 0 Å². The van der Waals surface area contributed by atoms with Gasteiger partial charge in [-0.3, -0.25) is 4.79 Å². The molecule has 3 heterocycles. The van der Waals surface area contributed by atoms with Crippen molar-refractivity contribution in [2.45, 2.75) is 266 Å². The lowest BCUT2D eigenvalue weighted by atomic mass is 9.96. The Morgan fingerprint density at radius 2 is 0.912 bits per heavy atom. The number of amides is 1. The number of carbonyl (C=O) groups is 1. The van der Waals surface area contributed by atoms with E-state index in [1.807, 2.05) is 6.08 Å². The Kier molecular flexibility index (Phi) is 31.1. The first-order valence-corrected chi connectivity index (χ1v) is 25.9. The van der Waals surface area contributed by atoms with Crippen LogP contribution in [-0.2, 0) is 33.2 Å². The van der Waals surface area contributed by atoms with Gasteiger partial charge in [-0.25, -0.2) is 0 Å². The van der Waals surface area contributed by atoms with E-state index in [2.05, 4.69) is 19.2 Å². The molecule has 0 aromatic rings. The molecular weight excluding hydrogens is 891 g/mol. The first-order chi connectivity index (χ1) is 32.8.